The molecule has 0 unspecified atom stereocenters. The summed E-state index contributed by atoms with van der Waals surface area (Å²) in [6.07, 6.45) is 5.06. The second-order valence-corrected chi connectivity index (χ2v) is 6.64. The predicted octanol–water partition coefficient (Wildman–Crippen LogP) is 6.58. The van der Waals surface area contributed by atoms with E-state index in [0.29, 0.717) is 22.1 Å². The van der Waals surface area contributed by atoms with Crippen LogP contribution in [0.3, 0.4) is 0 Å². The maximum absolute atomic E-state index is 12.3. The zero-order chi connectivity index (χ0) is 19.3. The quantitative estimate of drug-likeness (QED) is 0.288. The number of halogens is 1. The standard InChI is InChI=1S/C24H16ClNO2/c25-19-9-12-21-22(16-19)26-15-14-24(21)28-20-10-7-18(8-11-20)23(27)13-6-17-4-2-1-3-5-17/h1-16H/b13-6+. The number of fused-ring (bicyclic) bond motifs is 1. The van der Waals surface area contributed by atoms with E-state index >= 15 is 0 Å². The molecule has 0 spiro atoms. The Labute approximate surface area is 167 Å². The Morgan fingerprint density at radius 3 is 2.50 bits per heavy atom. The fourth-order valence-electron chi connectivity index (χ4n) is 2.83. The summed E-state index contributed by atoms with van der Waals surface area (Å²) in [5.74, 6) is 1.27. The van der Waals surface area contributed by atoms with E-state index in [-0.39, 0.29) is 5.78 Å². The first-order chi connectivity index (χ1) is 13.7. The number of pyridine rings is 1. The summed E-state index contributed by atoms with van der Waals surface area (Å²) in [7, 11) is 0. The number of hydrogen-bond acceptors (Lipinski definition) is 3. The van der Waals surface area contributed by atoms with E-state index < -0.39 is 0 Å². The Morgan fingerprint density at radius 2 is 1.71 bits per heavy atom. The van der Waals surface area contributed by atoms with Crippen LogP contribution in [-0.4, -0.2) is 10.8 Å². The minimum atomic E-state index is -0.0561. The molecule has 0 aliphatic carbocycles. The van der Waals surface area contributed by atoms with Crippen molar-refractivity contribution >= 4 is 34.4 Å². The molecule has 1 heterocycles. The molecule has 3 nitrogen and oxygen atoms in total. The molecule has 1 aromatic heterocycles. The molecule has 136 valence electrons. The van der Waals surface area contributed by atoms with Crippen molar-refractivity contribution in [2.24, 2.45) is 0 Å². The number of hydrogen-bond donors (Lipinski definition) is 0. The molecule has 0 atom stereocenters. The van der Waals surface area contributed by atoms with Crippen LogP contribution in [0.5, 0.6) is 11.5 Å². The summed E-state index contributed by atoms with van der Waals surface area (Å²) in [6.45, 7) is 0. The summed E-state index contributed by atoms with van der Waals surface area (Å²) in [5.41, 5.74) is 2.36. The van der Waals surface area contributed by atoms with E-state index in [1.54, 1.807) is 60.8 Å². The Kier molecular flexibility index (Phi) is 5.18. The van der Waals surface area contributed by atoms with Crippen molar-refractivity contribution in [2.45, 2.75) is 0 Å². The molecule has 4 rings (SSSR count). The second kappa shape index (κ2) is 8.07. The van der Waals surface area contributed by atoms with Gasteiger partial charge in [-0.15, -0.1) is 0 Å². The van der Waals surface area contributed by atoms with Gasteiger partial charge in [0.15, 0.2) is 5.78 Å². The summed E-state index contributed by atoms with van der Waals surface area (Å²) in [5, 5.41) is 1.50. The van der Waals surface area contributed by atoms with Crippen molar-refractivity contribution in [2.75, 3.05) is 0 Å². The molecule has 4 aromatic rings. The lowest BCUT2D eigenvalue weighted by Gasteiger charge is -2.09. The van der Waals surface area contributed by atoms with E-state index in [0.717, 1.165) is 16.5 Å². The number of ketones is 1. The number of aromatic nitrogens is 1. The average molecular weight is 386 g/mol. The molecule has 0 saturated heterocycles. The summed E-state index contributed by atoms with van der Waals surface area (Å²) in [4.78, 5) is 16.7. The van der Waals surface area contributed by atoms with Crippen molar-refractivity contribution in [3.63, 3.8) is 0 Å². The third-order valence-electron chi connectivity index (χ3n) is 4.26. The van der Waals surface area contributed by atoms with Crippen molar-refractivity contribution in [3.8, 4) is 11.5 Å². The molecule has 0 aliphatic heterocycles. The second-order valence-electron chi connectivity index (χ2n) is 6.21. The maximum atomic E-state index is 12.3. The number of nitrogens with zero attached hydrogens (tertiary/aromatic N) is 1. The van der Waals surface area contributed by atoms with E-state index in [1.807, 2.05) is 36.4 Å². The Bertz CT molecular complexity index is 1150. The highest BCUT2D eigenvalue weighted by atomic mass is 35.5. The topological polar surface area (TPSA) is 39.2 Å². The van der Waals surface area contributed by atoms with Gasteiger partial charge in [-0.1, -0.05) is 48.0 Å². The largest absolute Gasteiger partial charge is 0.457 e. The summed E-state index contributed by atoms with van der Waals surface area (Å²) >= 11 is 6.02. The third-order valence-corrected chi connectivity index (χ3v) is 4.49. The lowest BCUT2D eigenvalue weighted by Crippen LogP contribution is -1.94. The lowest BCUT2D eigenvalue weighted by molar-refractivity contribution is 0.104. The lowest BCUT2D eigenvalue weighted by atomic mass is 10.1. The zero-order valence-electron chi connectivity index (χ0n) is 14.9. The van der Waals surface area contributed by atoms with E-state index in [2.05, 4.69) is 4.98 Å². The number of allylic oxidation sites excluding steroid dienone is 1. The van der Waals surface area contributed by atoms with Crippen molar-refractivity contribution in [1.82, 2.24) is 4.98 Å². The van der Waals surface area contributed by atoms with Gasteiger partial charge >= 0.3 is 0 Å². The normalized spacial score (nSPS) is 11.0. The minimum Gasteiger partial charge on any atom is -0.457 e. The van der Waals surface area contributed by atoms with E-state index in [1.165, 1.54) is 0 Å². The number of rotatable bonds is 5. The molecule has 0 amide bonds. The van der Waals surface area contributed by atoms with Crippen LogP contribution in [0.25, 0.3) is 17.0 Å². The number of benzene rings is 3. The van der Waals surface area contributed by atoms with Gasteiger partial charge in [0.1, 0.15) is 11.5 Å². The van der Waals surface area contributed by atoms with Gasteiger partial charge in [-0.25, -0.2) is 0 Å². The molecule has 0 radical (unpaired) electrons. The Balaban J connectivity index is 1.51. The van der Waals surface area contributed by atoms with Gasteiger partial charge in [0.2, 0.25) is 0 Å². The molecule has 0 aliphatic rings. The van der Waals surface area contributed by atoms with Crippen molar-refractivity contribution in [1.29, 1.82) is 0 Å². The van der Waals surface area contributed by atoms with Gasteiger partial charge < -0.3 is 4.74 Å². The fourth-order valence-corrected chi connectivity index (χ4v) is 3.00. The highest BCUT2D eigenvalue weighted by Crippen LogP contribution is 2.30. The SMILES string of the molecule is O=C(/C=C/c1ccccc1)c1ccc(Oc2ccnc3cc(Cl)ccc23)cc1. The van der Waals surface area contributed by atoms with Crippen LogP contribution in [-0.2, 0) is 0 Å². The average Bonchev–Trinajstić information content (AvgIpc) is 2.73. The van der Waals surface area contributed by atoms with E-state index in [9.17, 15) is 4.79 Å². The Hall–Kier alpha value is -3.43. The van der Waals surface area contributed by atoms with Gasteiger partial charge in [-0.2, -0.15) is 0 Å². The monoisotopic (exact) mass is 385 g/mol. The van der Waals surface area contributed by atoms with Gasteiger partial charge in [0.25, 0.3) is 0 Å². The van der Waals surface area contributed by atoms with Crippen LogP contribution in [0.2, 0.25) is 5.02 Å². The number of carbonyl (C=O) groups excluding carboxylic acids is 1. The van der Waals surface area contributed by atoms with Gasteiger partial charge in [-0.05, 0) is 60.2 Å². The van der Waals surface area contributed by atoms with Gasteiger partial charge in [0, 0.05) is 22.2 Å². The van der Waals surface area contributed by atoms with Crippen molar-refractivity contribution < 1.29 is 9.53 Å². The van der Waals surface area contributed by atoms with Crippen LogP contribution >= 0.6 is 11.6 Å². The van der Waals surface area contributed by atoms with E-state index in [4.69, 9.17) is 16.3 Å². The predicted molar refractivity (Wildman–Crippen MR) is 113 cm³/mol. The van der Waals surface area contributed by atoms with Crippen LogP contribution in [0.15, 0.2) is 91.1 Å². The zero-order valence-corrected chi connectivity index (χ0v) is 15.6. The van der Waals surface area contributed by atoms with Crippen LogP contribution in [0, 0.1) is 0 Å². The smallest absolute Gasteiger partial charge is 0.185 e. The van der Waals surface area contributed by atoms with Crippen molar-refractivity contribution in [3.05, 3.63) is 107 Å². The first kappa shape index (κ1) is 18.0. The maximum Gasteiger partial charge on any atom is 0.185 e. The molecule has 3 aromatic carbocycles. The van der Waals surface area contributed by atoms with Crippen LogP contribution in [0.1, 0.15) is 15.9 Å². The van der Waals surface area contributed by atoms with Crippen LogP contribution in [0.4, 0.5) is 0 Å². The minimum absolute atomic E-state index is 0.0561. The molecule has 4 heteroatoms. The third kappa shape index (κ3) is 4.11. The highest BCUT2D eigenvalue weighted by Gasteiger charge is 2.07. The molecular weight excluding hydrogens is 370 g/mol. The molecule has 28 heavy (non-hydrogen) atoms. The number of carbonyl (C=O) groups is 1. The fraction of sp³-hybridized carbons (Fsp3) is 0. The first-order valence-electron chi connectivity index (χ1n) is 8.79. The number of ether oxygens (including phenoxy) is 1. The van der Waals surface area contributed by atoms with Crippen LogP contribution < -0.4 is 4.74 Å². The molecular formula is C24H16ClNO2. The van der Waals surface area contributed by atoms with Gasteiger partial charge in [0.05, 0.1) is 5.52 Å². The van der Waals surface area contributed by atoms with Gasteiger partial charge in [-0.3, -0.25) is 9.78 Å². The Morgan fingerprint density at radius 1 is 0.929 bits per heavy atom. The molecule has 0 saturated carbocycles. The molecule has 0 bridgehead atoms. The first-order valence-corrected chi connectivity index (χ1v) is 9.16. The molecule has 0 N–H and O–H groups in total. The summed E-state index contributed by atoms with van der Waals surface area (Å²) < 4.78 is 5.98. The highest BCUT2D eigenvalue weighted by molar-refractivity contribution is 6.31. The summed E-state index contributed by atoms with van der Waals surface area (Å²) in [6, 6.07) is 24.1. The molecule has 0 fully saturated rings.